The van der Waals surface area contributed by atoms with E-state index in [2.05, 4.69) is 12.2 Å². The molecule has 0 bridgehead atoms. The van der Waals surface area contributed by atoms with Crippen molar-refractivity contribution < 1.29 is 0 Å². The van der Waals surface area contributed by atoms with Gasteiger partial charge in [0.15, 0.2) is 0 Å². The highest BCUT2D eigenvalue weighted by Crippen LogP contribution is 1.81. The number of unbranched alkanes of at least 4 members (excludes halogenated alkanes) is 1. The minimum absolute atomic E-state index is 0.678. The largest absolute Gasteiger partial charge is 0.329 e. The second kappa shape index (κ2) is 6.92. The molecule has 0 aromatic carbocycles. The molecular weight excluding hydrogens is 100 g/mol. The van der Waals surface area contributed by atoms with Crippen LogP contribution in [-0.4, -0.2) is 19.6 Å². The number of hydrogen-bond acceptors (Lipinski definition) is 1. The van der Waals surface area contributed by atoms with E-state index in [1.807, 2.05) is 0 Å². The molecule has 2 N–H and O–H groups in total. The lowest BCUT2D eigenvalue weighted by Gasteiger charge is -1.95. The van der Waals surface area contributed by atoms with Crippen molar-refractivity contribution in [3.8, 4) is 0 Å². The summed E-state index contributed by atoms with van der Waals surface area (Å²) in [6.45, 7) is 6.11. The van der Waals surface area contributed by atoms with Crippen molar-refractivity contribution >= 4 is 0 Å². The summed E-state index contributed by atoms with van der Waals surface area (Å²) in [6, 6.07) is 0. The molecule has 2 nitrogen and oxygen atoms in total. The van der Waals surface area contributed by atoms with Crippen LogP contribution < -0.4 is 11.1 Å². The van der Waals surface area contributed by atoms with Gasteiger partial charge in [0.05, 0.1) is 0 Å². The van der Waals surface area contributed by atoms with E-state index in [9.17, 15) is 0 Å². The van der Waals surface area contributed by atoms with Gasteiger partial charge in [-0.2, -0.15) is 0 Å². The minimum Gasteiger partial charge on any atom is -0.329 e. The first-order chi connectivity index (χ1) is 3.91. The average molecular weight is 114 g/mol. The van der Waals surface area contributed by atoms with Crippen LogP contribution >= 0.6 is 0 Å². The zero-order valence-corrected chi connectivity index (χ0v) is 5.27. The third-order valence-corrected chi connectivity index (χ3v) is 0.853. The molecule has 0 fully saturated rings. The van der Waals surface area contributed by atoms with Gasteiger partial charge in [0.2, 0.25) is 0 Å². The summed E-state index contributed by atoms with van der Waals surface area (Å²) in [5, 5.41) is 4.11. The molecule has 0 aliphatic rings. The average Bonchev–Trinajstić information content (AvgIpc) is 1.81. The van der Waals surface area contributed by atoms with Gasteiger partial charge in [0.25, 0.3) is 0 Å². The second-order valence-corrected chi connectivity index (χ2v) is 1.67. The van der Waals surface area contributed by atoms with Gasteiger partial charge in [-0.25, -0.2) is 5.32 Å². The second-order valence-electron chi connectivity index (χ2n) is 1.67. The van der Waals surface area contributed by atoms with Crippen LogP contribution in [0.3, 0.4) is 0 Å². The Kier molecular flexibility index (Phi) is 6.85. The topological polar surface area (TPSA) is 40.1 Å². The predicted octanol–water partition coefficient (Wildman–Crippen LogP) is 0.164. The fraction of sp³-hybridized carbons (Fsp3) is 0.833. The van der Waals surface area contributed by atoms with Gasteiger partial charge in [0, 0.05) is 19.6 Å². The SMILES string of the molecule is [CH2]CCC[N]CCN. The Hall–Kier alpha value is -0.0800. The zero-order valence-electron chi connectivity index (χ0n) is 5.27. The third-order valence-electron chi connectivity index (χ3n) is 0.853. The van der Waals surface area contributed by atoms with E-state index in [0.29, 0.717) is 6.54 Å². The lowest BCUT2D eigenvalue weighted by molar-refractivity contribution is 0.646. The lowest BCUT2D eigenvalue weighted by Crippen LogP contribution is -2.16. The van der Waals surface area contributed by atoms with Gasteiger partial charge < -0.3 is 5.73 Å². The molecule has 0 heterocycles. The van der Waals surface area contributed by atoms with E-state index < -0.39 is 0 Å². The molecule has 0 aliphatic carbocycles. The normalized spacial score (nSPS) is 9.75. The van der Waals surface area contributed by atoms with Gasteiger partial charge >= 0.3 is 0 Å². The Morgan fingerprint density at radius 2 is 2.12 bits per heavy atom. The highest BCUT2D eigenvalue weighted by atomic mass is 14.9. The molecule has 0 aromatic heterocycles. The third kappa shape index (κ3) is 5.92. The molecule has 0 spiro atoms. The first-order valence-electron chi connectivity index (χ1n) is 3.04. The number of nitrogens with zero attached hydrogens (tertiary/aromatic N) is 1. The summed E-state index contributed by atoms with van der Waals surface area (Å²) in [5.74, 6) is 0. The molecule has 0 aliphatic heterocycles. The number of hydrogen-bond donors (Lipinski definition) is 1. The van der Waals surface area contributed by atoms with E-state index >= 15 is 0 Å². The maximum atomic E-state index is 5.20. The zero-order chi connectivity index (χ0) is 6.24. The Balaban J connectivity index is 2.53. The molecular formula is C6H14N2. The minimum atomic E-state index is 0.678. The molecule has 48 valence electrons. The number of rotatable bonds is 5. The molecule has 2 heteroatoms. The highest BCUT2D eigenvalue weighted by Gasteiger charge is 1.82. The molecule has 0 unspecified atom stereocenters. The van der Waals surface area contributed by atoms with Crippen LogP contribution in [0.4, 0.5) is 0 Å². The van der Waals surface area contributed by atoms with Crippen LogP contribution in [0.5, 0.6) is 0 Å². The van der Waals surface area contributed by atoms with Gasteiger partial charge in [-0.05, 0) is 6.42 Å². The summed E-state index contributed by atoms with van der Waals surface area (Å²) in [7, 11) is 0. The standard InChI is InChI=1S/C6H14N2/c1-2-3-5-8-6-4-7/h1-7H2. The Morgan fingerprint density at radius 1 is 1.38 bits per heavy atom. The number of nitrogens with two attached hydrogens (primary N) is 1. The summed E-state index contributed by atoms with van der Waals surface area (Å²) >= 11 is 0. The van der Waals surface area contributed by atoms with Crippen molar-refractivity contribution in [3.05, 3.63) is 6.92 Å². The molecule has 0 saturated heterocycles. The maximum Gasteiger partial charge on any atom is 0.0256 e. The fourth-order valence-corrected chi connectivity index (χ4v) is 0.427. The molecule has 0 aromatic rings. The summed E-state index contributed by atoms with van der Waals surface area (Å²) < 4.78 is 0. The molecule has 0 rings (SSSR count). The van der Waals surface area contributed by atoms with E-state index in [-0.39, 0.29) is 0 Å². The quantitative estimate of drug-likeness (QED) is 0.508. The summed E-state index contributed by atoms with van der Waals surface area (Å²) in [4.78, 5) is 0. The van der Waals surface area contributed by atoms with Crippen molar-refractivity contribution in [3.63, 3.8) is 0 Å². The summed E-state index contributed by atoms with van der Waals surface area (Å²) in [5.41, 5.74) is 5.20. The van der Waals surface area contributed by atoms with Crippen LogP contribution in [0.2, 0.25) is 0 Å². The van der Waals surface area contributed by atoms with Gasteiger partial charge in [-0.1, -0.05) is 13.3 Å². The Labute approximate surface area is 51.5 Å². The summed E-state index contributed by atoms with van der Waals surface area (Å²) in [6.07, 6.45) is 2.08. The van der Waals surface area contributed by atoms with Crippen molar-refractivity contribution in [2.24, 2.45) is 5.73 Å². The lowest BCUT2D eigenvalue weighted by atomic mass is 10.3. The molecule has 8 heavy (non-hydrogen) atoms. The Morgan fingerprint density at radius 3 is 2.62 bits per heavy atom. The van der Waals surface area contributed by atoms with Gasteiger partial charge in [-0.15, -0.1) is 0 Å². The predicted molar refractivity (Wildman–Crippen MR) is 35.5 cm³/mol. The van der Waals surface area contributed by atoms with Gasteiger partial charge in [-0.3, -0.25) is 0 Å². The van der Waals surface area contributed by atoms with Crippen LogP contribution in [0.15, 0.2) is 0 Å². The first-order valence-corrected chi connectivity index (χ1v) is 3.04. The van der Waals surface area contributed by atoms with Crippen LogP contribution in [0.25, 0.3) is 0 Å². The van der Waals surface area contributed by atoms with E-state index in [1.165, 1.54) is 0 Å². The van der Waals surface area contributed by atoms with Crippen LogP contribution in [0, 0.1) is 6.92 Å². The van der Waals surface area contributed by atoms with Crippen molar-refractivity contribution in [1.29, 1.82) is 0 Å². The van der Waals surface area contributed by atoms with E-state index in [1.54, 1.807) is 0 Å². The van der Waals surface area contributed by atoms with E-state index in [0.717, 1.165) is 25.9 Å². The highest BCUT2D eigenvalue weighted by molar-refractivity contribution is 4.47. The maximum absolute atomic E-state index is 5.20. The van der Waals surface area contributed by atoms with Crippen molar-refractivity contribution in [2.75, 3.05) is 19.6 Å². The molecule has 0 atom stereocenters. The monoisotopic (exact) mass is 114 g/mol. The van der Waals surface area contributed by atoms with Crippen LogP contribution in [0.1, 0.15) is 12.8 Å². The Bertz CT molecular complexity index is 31.5. The first kappa shape index (κ1) is 7.92. The fourth-order valence-electron chi connectivity index (χ4n) is 0.427. The van der Waals surface area contributed by atoms with Crippen LogP contribution in [-0.2, 0) is 0 Å². The van der Waals surface area contributed by atoms with Gasteiger partial charge in [0.1, 0.15) is 0 Å². The van der Waals surface area contributed by atoms with E-state index in [4.69, 9.17) is 5.73 Å². The van der Waals surface area contributed by atoms with Crippen molar-refractivity contribution in [2.45, 2.75) is 12.8 Å². The van der Waals surface area contributed by atoms with Crippen molar-refractivity contribution in [1.82, 2.24) is 5.32 Å². The molecule has 0 amide bonds. The molecule has 2 radical (unpaired) electrons. The molecule has 0 saturated carbocycles. The smallest absolute Gasteiger partial charge is 0.0256 e.